The van der Waals surface area contributed by atoms with Crippen LogP contribution in [0.1, 0.15) is 40.0 Å². The van der Waals surface area contributed by atoms with Gasteiger partial charge in [0.1, 0.15) is 11.6 Å². The number of piperidine rings is 1. The molecule has 0 bridgehead atoms. The summed E-state index contributed by atoms with van der Waals surface area (Å²) in [5, 5.41) is 0. The van der Waals surface area contributed by atoms with Crippen LogP contribution in [0.25, 0.3) is 0 Å². The summed E-state index contributed by atoms with van der Waals surface area (Å²) in [5.74, 6) is 0.548. The van der Waals surface area contributed by atoms with E-state index in [1.807, 2.05) is 27.0 Å². The Bertz CT molecular complexity index is 887. The molecule has 1 saturated heterocycles. The highest BCUT2D eigenvalue weighted by Gasteiger charge is 2.33. The SMILES string of the molecule is CSCCC(NS(=O)(=O)c1ccccc1)C(=O)N1CCCC(CN(C)C(=O)OC(C)(C)C)C1. The zero-order chi connectivity index (χ0) is 24.6. The highest BCUT2D eigenvalue weighted by molar-refractivity contribution is 7.98. The molecule has 1 aromatic rings. The van der Waals surface area contributed by atoms with Gasteiger partial charge in [0.25, 0.3) is 0 Å². The number of benzene rings is 1. The maximum absolute atomic E-state index is 13.4. The van der Waals surface area contributed by atoms with Crippen LogP contribution >= 0.6 is 11.8 Å². The van der Waals surface area contributed by atoms with Gasteiger partial charge < -0.3 is 14.5 Å². The van der Waals surface area contributed by atoms with E-state index in [2.05, 4.69) is 4.72 Å². The molecule has 1 aromatic carbocycles. The topological polar surface area (TPSA) is 96.0 Å². The predicted octanol–water partition coefficient (Wildman–Crippen LogP) is 3.19. The second kappa shape index (κ2) is 12.1. The molecule has 0 radical (unpaired) electrons. The van der Waals surface area contributed by atoms with Crippen LogP contribution < -0.4 is 4.72 Å². The summed E-state index contributed by atoms with van der Waals surface area (Å²) in [5.41, 5.74) is -0.569. The lowest BCUT2D eigenvalue weighted by molar-refractivity contribution is -0.135. The van der Waals surface area contributed by atoms with Crippen molar-refractivity contribution < 1.29 is 22.7 Å². The number of likely N-dealkylation sites (tertiary alicyclic amines) is 1. The van der Waals surface area contributed by atoms with E-state index in [-0.39, 0.29) is 22.8 Å². The molecule has 2 atom stereocenters. The molecule has 1 aliphatic rings. The fraction of sp³-hybridized carbons (Fsp3) is 0.652. The summed E-state index contributed by atoms with van der Waals surface area (Å²) < 4.78 is 33.7. The molecule has 1 fully saturated rings. The fourth-order valence-corrected chi connectivity index (χ4v) is 5.48. The van der Waals surface area contributed by atoms with E-state index < -0.39 is 21.7 Å². The van der Waals surface area contributed by atoms with Crippen LogP contribution in [-0.4, -0.2) is 80.6 Å². The van der Waals surface area contributed by atoms with E-state index in [4.69, 9.17) is 4.74 Å². The van der Waals surface area contributed by atoms with Gasteiger partial charge in [-0.15, -0.1) is 0 Å². The minimum Gasteiger partial charge on any atom is -0.444 e. The Kier molecular flexibility index (Phi) is 10.1. The van der Waals surface area contributed by atoms with E-state index in [0.29, 0.717) is 31.8 Å². The van der Waals surface area contributed by atoms with Crippen molar-refractivity contribution >= 4 is 33.8 Å². The number of ether oxygens (including phenoxy) is 1. The van der Waals surface area contributed by atoms with Gasteiger partial charge >= 0.3 is 6.09 Å². The molecular weight excluding hydrogens is 462 g/mol. The third kappa shape index (κ3) is 8.83. The van der Waals surface area contributed by atoms with Gasteiger partial charge in [0.05, 0.1) is 4.90 Å². The molecule has 1 aliphatic heterocycles. The highest BCUT2D eigenvalue weighted by atomic mass is 32.2. The van der Waals surface area contributed by atoms with Crippen molar-refractivity contribution in [2.75, 3.05) is 38.7 Å². The first kappa shape index (κ1) is 27.5. The molecular formula is C23H37N3O5S2. The maximum atomic E-state index is 13.4. The first-order chi connectivity index (χ1) is 15.4. The van der Waals surface area contributed by atoms with E-state index >= 15 is 0 Å². The Hall–Kier alpha value is -1.78. The van der Waals surface area contributed by atoms with Crippen LogP contribution in [-0.2, 0) is 19.6 Å². The molecule has 2 rings (SSSR count). The van der Waals surface area contributed by atoms with Gasteiger partial charge in [-0.2, -0.15) is 16.5 Å². The predicted molar refractivity (Wildman–Crippen MR) is 132 cm³/mol. The van der Waals surface area contributed by atoms with Crippen molar-refractivity contribution in [2.24, 2.45) is 5.92 Å². The number of hydrogen-bond donors (Lipinski definition) is 1. The van der Waals surface area contributed by atoms with Crippen molar-refractivity contribution in [3.8, 4) is 0 Å². The summed E-state index contributed by atoms with van der Waals surface area (Å²) in [6.07, 6.45) is 3.64. The highest BCUT2D eigenvalue weighted by Crippen LogP contribution is 2.21. The van der Waals surface area contributed by atoms with Crippen LogP contribution in [0.3, 0.4) is 0 Å². The van der Waals surface area contributed by atoms with Crippen molar-refractivity contribution in [1.82, 2.24) is 14.5 Å². The number of amides is 2. The van der Waals surface area contributed by atoms with Gasteiger partial charge in [0, 0.05) is 26.7 Å². The smallest absolute Gasteiger partial charge is 0.410 e. The monoisotopic (exact) mass is 499 g/mol. The molecule has 0 aromatic heterocycles. The number of carbonyl (C=O) groups excluding carboxylic acids is 2. The quantitative estimate of drug-likeness (QED) is 0.561. The molecule has 0 aliphatic carbocycles. The zero-order valence-electron chi connectivity index (χ0n) is 20.2. The van der Waals surface area contributed by atoms with E-state index in [0.717, 1.165) is 12.8 Å². The average molecular weight is 500 g/mol. The summed E-state index contributed by atoms with van der Waals surface area (Å²) in [6.45, 7) is 7.01. The van der Waals surface area contributed by atoms with E-state index in [1.54, 1.807) is 46.8 Å². The van der Waals surface area contributed by atoms with Crippen LogP contribution in [0.15, 0.2) is 35.2 Å². The number of carbonyl (C=O) groups is 2. The van der Waals surface area contributed by atoms with Crippen molar-refractivity contribution in [3.05, 3.63) is 30.3 Å². The molecule has 0 saturated carbocycles. The Balaban J connectivity index is 2.06. The molecule has 8 nitrogen and oxygen atoms in total. The molecule has 2 unspecified atom stereocenters. The lowest BCUT2D eigenvalue weighted by atomic mass is 9.97. The Morgan fingerprint density at radius 2 is 1.94 bits per heavy atom. The van der Waals surface area contributed by atoms with Gasteiger partial charge in [-0.05, 0) is 70.1 Å². The average Bonchev–Trinajstić information content (AvgIpc) is 2.75. The first-order valence-corrected chi connectivity index (χ1v) is 14.1. The number of nitrogens with zero attached hydrogens (tertiary/aromatic N) is 2. The third-order valence-electron chi connectivity index (χ3n) is 5.33. The fourth-order valence-electron chi connectivity index (χ4n) is 3.76. The largest absolute Gasteiger partial charge is 0.444 e. The lowest BCUT2D eigenvalue weighted by Gasteiger charge is -2.36. The number of rotatable bonds is 9. The zero-order valence-corrected chi connectivity index (χ0v) is 21.9. The second-order valence-electron chi connectivity index (χ2n) is 9.42. The minimum absolute atomic E-state index is 0.104. The van der Waals surface area contributed by atoms with Gasteiger partial charge in [-0.25, -0.2) is 13.2 Å². The summed E-state index contributed by atoms with van der Waals surface area (Å²) in [4.78, 5) is 29.1. The number of sulfonamides is 1. The van der Waals surface area contributed by atoms with Gasteiger partial charge in [-0.1, -0.05) is 18.2 Å². The van der Waals surface area contributed by atoms with Crippen molar-refractivity contribution in [1.29, 1.82) is 0 Å². The number of thioether (sulfide) groups is 1. The Morgan fingerprint density at radius 3 is 2.55 bits per heavy atom. The number of hydrogen-bond acceptors (Lipinski definition) is 6. The maximum Gasteiger partial charge on any atom is 0.410 e. The first-order valence-electron chi connectivity index (χ1n) is 11.2. The van der Waals surface area contributed by atoms with Crippen LogP contribution in [0.5, 0.6) is 0 Å². The van der Waals surface area contributed by atoms with Crippen LogP contribution in [0.2, 0.25) is 0 Å². The van der Waals surface area contributed by atoms with Crippen molar-refractivity contribution in [3.63, 3.8) is 0 Å². The summed E-state index contributed by atoms with van der Waals surface area (Å²) >= 11 is 1.57. The van der Waals surface area contributed by atoms with E-state index in [9.17, 15) is 18.0 Å². The second-order valence-corrected chi connectivity index (χ2v) is 12.1. The Morgan fingerprint density at radius 1 is 1.27 bits per heavy atom. The summed E-state index contributed by atoms with van der Waals surface area (Å²) in [6, 6.07) is 7.26. The summed E-state index contributed by atoms with van der Waals surface area (Å²) in [7, 11) is -2.11. The minimum atomic E-state index is -3.81. The van der Waals surface area contributed by atoms with Crippen molar-refractivity contribution in [2.45, 2.75) is 56.6 Å². The van der Waals surface area contributed by atoms with E-state index in [1.165, 1.54) is 12.1 Å². The number of nitrogens with one attached hydrogen (secondary N) is 1. The normalized spacial score (nSPS) is 18.0. The van der Waals surface area contributed by atoms with Gasteiger partial charge in [-0.3, -0.25) is 4.79 Å². The van der Waals surface area contributed by atoms with Crippen LogP contribution in [0.4, 0.5) is 4.79 Å². The molecule has 2 amide bonds. The molecule has 1 heterocycles. The molecule has 33 heavy (non-hydrogen) atoms. The standard InChI is InChI=1S/C23H37N3O5S2/c1-23(2,3)31-22(28)25(4)16-18-10-9-14-26(17-18)21(27)20(13-15-32-5)24-33(29,30)19-11-7-6-8-12-19/h6-8,11-12,18,20,24H,9-10,13-17H2,1-5H3. The molecule has 186 valence electrons. The van der Waals surface area contributed by atoms with Gasteiger partial charge in [0.15, 0.2) is 0 Å². The Labute approximate surface area is 202 Å². The van der Waals surface area contributed by atoms with Crippen LogP contribution in [0, 0.1) is 5.92 Å². The molecule has 10 heteroatoms. The van der Waals surface area contributed by atoms with Gasteiger partial charge in [0.2, 0.25) is 15.9 Å². The molecule has 0 spiro atoms. The third-order valence-corrected chi connectivity index (χ3v) is 7.46. The lowest BCUT2D eigenvalue weighted by Crippen LogP contribution is -2.52. The molecule has 1 N–H and O–H groups in total.